The Labute approximate surface area is 81.0 Å². The Hall–Kier alpha value is -0.820. The van der Waals surface area contributed by atoms with Crippen molar-refractivity contribution in [3.63, 3.8) is 0 Å². The van der Waals surface area contributed by atoms with Crippen LogP contribution in [0, 0.1) is 27.7 Å². The third-order valence-corrected chi connectivity index (χ3v) is 3.01. The molecule has 0 saturated heterocycles. The van der Waals surface area contributed by atoms with E-state index < -0.39 is 0 Å². The highest BCUT2D eigenvalue weighted by Crippen LogP contribution is 2.24. The maximum atomic E-state index is 5.90. The molecule has 1 rings (SSSR count). The van der Waals surface area contributed by atoms with Crippen LogP contribution in [0.5, 0.6) is 0 Å². The quantitative estimate of drug-likeness (QED) is 0.701. The molecule has 1 heteroatoms. The van der Waals surface area contributed by atoms with Crippen LogP contribution in [0.15, 0.2) is 6.07 Å². The first-order valence-electron chi connectivity index (χ1n) is 4.78. The minimum absolute atomic E-state index is 0.137. The molecule has 0 aliphatic carbocycles. The van der Waals surface area contributed by atoms with Crippen molar-refractivity contribution in [2.45, 2.75) is 40.7 Å². The normalized spacial score (nSPS) is 13.1. The third kappa shape index (κ3) is 1.75. The fourth-order valence-electron chi connectivity index (χ4n) is 1.72. The minimum Gasteiger partial charge on any atom is -0.324 e. The molecule has 0 aliphatic rings. The smallest absolute Gasteiger partial charge is 0.0268 e. The molecule has 0 aliphatic heterocycles. The fraction of sp³-hybridized carbons (Fsp3) is 0.500. The molecule has 0 spiro atoms. The number of aryl methyl sites for hydroxylation is 1. The van der Waals surface area contributed by atoms with Crippen LogP contribution < -0.4 is 5.73 Å². The molecular weight excluding hydrogens is 158 g/mol. The highest BCUT2D eigenvalue weighted by Gasteiger charge is 2.09. The maximum Gasteiger partial charge on any atom is 0.0268 e. The number of hydrogen-bond donors (Lipinski definition) is 1. The van der Waals surface area contributed by atoms with Gasteiger partial charge in [-0.1, -0.05) is 6.07 Å². The summed E-state index contributed by atoms with van der Waals surface area (Å²) in [5.74, 6) is 0. The lowest BCUT2D eigenvalue weighted by Crippen LogP contribution is -2.09. The minimum atomic E-state index is 0.137. The molecule has 0 bridgehead atoms. The molecule has 13 heavy (non-hydrogen) atoms. The molecule has 1 nitrogen and oxygen atoms in total. The molecule has 0 amide bonds. The van der Waals surface area contributed by atoms with E-state index in [1.54, 1.807) is 0 Å². The molecule has 1 unspecified atom stereocenters. The number of hydrogen-bond acceptors (Lipinski definition) is 1. The van der Waals surface area contributed by atoms with Crippen LogP contribution >= 0.6 is 0 Å². The standard InChI is InChI=1S/C12H19N/c1-7-6-12(11(5)13)10(4)9(3)8(7)2/h6,11H,13H2,1-5H3. The molecule has 2 N–H and O–H groups in total. The van der Waals surface area contributed by atoms with Crippen molar-refractivity contribution in [3.8, 4) is 0 Å². The number of nitrogens with two attached hydrogens (primary N) is 1. The molecule has 0 fully saturated rings. The summed E-state index contributed by atoms with van der Waals surface area (Å²) in [7, 11) is 0. The molecule has 0 radical (unpaired) electrons. The van der Waals surface area contributed by atoms with Crippen LogP contribution in [0.1, 0.15) is 40.8 Å². The SMILES string of the molecule is Cc1cc(C(C)N)c(C)c(C)c1C. The summed E-state index contributed by atoms with van der Waals surface area (Å²) in [4.78, 5) is 0. The summed E-state index contributed by atoms with van der Waals surface area (Å²) in [6, 6.07) is 2.35. The lowest BCUT2D eigenvalue weighted by Gasteiger charge is -2.16. The van der Waals surface area contributed by atoms with Gasteiger partial charge in [0.15, 0.2) is 0 Å². The van der Waals surface area contributed by atoms with E-state index in [0.717, 1.165) is 0 Å². The number of benzene rings is 1. The largest absolute Gasteiger partial charge is 0.324 e. The monoisotopic (exact) mass is 177 g/mol. The van der Waals surface area contributed by atoms with Crippen molar-refractivity contribution in [2.24, 2.45) is 5.73 Å². The Balaban J connectivity index is 3.41. The van der Waals surface area contributed by atoms with Gasteiger partial charge in [-0.25, -0.2) is 0 Å². The first-order valence-corrected chi connectivity index (χ1v) is 4.78. The van der Waals surface area contributed by atoms with Crippen LogP contribution in [-0.2, 0) is 0 Å². The van der Waals surface area contributed by atoms with Gasteiger partial charge in [-0.2, -0.15) is 0 Å². The van der Waals surface area contributed by atoms with E-state index in [1.807, 2.05) is 6.92 Å². The lowest BCUT2D eigenvalue weighted by molar-refractivity contribution is 0.805. The van der Waals surface area contributed by atoms with Crippen LogP contribution in [0.2, 0.25) is 0 Å². The first kappa shape index (κ1) is 10.3. The van der Waals surface area contributed by atoms with Gasteiger partial charge in [-0.15, -0.1) is 0 Å². The average Bonchev–Trinajstić information content (AvgIpc) is 2.07. The Bertz CT molecular complexity index is 324. The van der Waals surface area contributed by atoms with Crippen molar-refractivity contribution in [3.05, 3.63) is 33.9 Å². The second-order valence-electron chi connectivity index (χ2n) is 3.95. The summed E-state index contributed by atoms with van der Waals surface area (Å²) < 4.78 is 0. The van der Waals surface area contributed by atoms with Crippen LogP contribution in [0.3, 0.4) is 0 Å². The van der Waals surface area contributed by atoms with Crippen molar-refractivity contribution >= 4 is 0 Å². The van der Waals surface area contributed by atoms with Crippen molar-refractivity contribution in [1.82, 2.24) is 0 Å². The molecule has 1 aromatic carbocycles. The Morgan fingerprint density at radius 2 is 1.54 bits per heavy atom. The van der Waals surface area contributed by atoms with E-state index in [1.165, 1.54) is 27.8 Å². The van der Waals surface area contributed by atoms with Crippen LogP contribution in [-0.4, -0.2) is 0 Å². The predicted molar refractivity (Wildman–Crippen MR) is 58.0 cm³/mol. The molecule has 0 heterocycles. The zero-order chi connectivity index (χ0) is 10.2. The van der Waals surface area contributed by atoms with E-state index in [-0.39, 0.29) is 6.04 Å². The molecular formula is C12H19N. The molecule has 1 atom stereocenters. The highest BCUT2D eigenvalue weighted by molar-refractivity contribution is 5.44. The molecule has 0 aromatic heterocycles. The van der Waals surface area contributed by atoms with Gasteiger partial charge >= 0.3 is 0 Å². The van der Waals surface area contributed by atoms with Gasteiger partial charge < -0.3 is 5.73 Å². The van der Waals surface area contributed by atoms with Crippen molar-refractivity contribution in [2.75, 3.05) is 0 Å². The highest BCUT2D eigenvalue weighted by atomic mass is 14.6. The summed E-state index contributed by atoms with van der Waals surface area (Å²) in [5, 5.41) is 0. The summed E-state index contributed by atoms with van der Waals surface area (Å²) in [6.07, 6.45) is 0. The third-order valence-electron chi connectivity index (χ3n) is 3.01. The lowest BCUT2D eigenvalue weighted by atomic mass is 9.92. The van der Waals surface area contributed by atoms with Crippen LogP contribution in [0.4, 0.5) is 0 Å². The van der Waals surface area contributed by atoms with E-state index >= 15 is 0 Å². The van der Waals surface area contributed by atoms with Gasteiger partial charge in [0, 0.05) is 6.04 Å². The molecule has 1 aromatic rings. The summed E-state index contributed by atoms with van der Waals surface area (Å²) in [5.41, 5.74) is 12.6. The Morgan fingerprint density at radius 1 is 1.00 bits per heavy atom. The van der Waals surface area contributed by atoms with Gasteiger partial charge in [0.2, 0.25) is 0 Å². The van der Waals surface area contributed by atoms with Gasteiger partial charge in [0.1, 0.15) is 0 Å². The summed E-state index contributed by atoms with van der Waals surface area (Å²) in [6.45, 7) is 10.7. The van der Waals surface area contributed by atoms with E-state index in [4.69, 9.17) is 5.73 Å². The predicted octanol–water partition coefficient (Wildman–Crippen LogP) is 2.94. The average molecular weight is 177 g/mol. The van der Waals surface area contributed by atoms with E-state index in [0.29, 0.717) is 0 Å². The Morgan fingerprint density at radius 3 is 2.00 bits per heavy atom. The summed E-state index contributed by atoms with van der Waals surface area (Å²) >= 11 is 0. The van der Waals surface area contributed by atoms with Gasteiger partial charge in [0.25, 0.3) is 0 Å². The second-order valence-corrected chi connectivity index (χ2v) is 3.95. The van der Waals surface area contributed by atoms with Crippen LogP contribution in [0.25, 0.3) is 0 Å². The fourth-order valence-corrected chi connectivity index (χ4v) is 1.72. The van der Waals surface area contributed by atoms with Gasteiger partial charge in [0.05, 0.1) is 0 Å². The van der Waals surface area contributed by atoms with E-state index in [9.17, 15) is 0 Å². The van der Waals surface area contributed by atoms with Gasteiger partial charge in [-0.3, -0.25) is 0 Å². The topological polar surface area (TPSA) is 26.0 Å². The van der Waals surface area contributed by atoms with E-state index in [2.05, 4.69) is 33.8 Å². The van der Waals surface area contributed by atoms with Crippen molar-refractivity contribution in [1.29, 1.82) is 0 Å². The van der Waals surface area contributed by atoms with Crippen molar-refractivity contribution < 1.29 is 0 Å². The second kappa shape index (κ2) is 3.51. The maximum absolute atomic E-state index is 5.90. The van der Waals surface area contributed by atoms with Gasteiger partial charge in [-0.05, 0) is 62.4 Å². The molecule has 0 saturated carbocycles. The molecule has 72 valence electrons. The first-order chi connectivity index (χ1) is 5.95. The number of rotatable bonds is 1. The zero-order valence-electron chi connectivity index (χ0n) is 9.23. The Kier molecular flexibility index (Phi) is 2.77. The zero-order valence-corrected chi connectivity index (χ0v) is 9.23.